The van der Waals surface area contributed by atoms with E-state index in [-0.39, 0.29) is 0 Å². The summed E-state index contributed by atoms with van der Waals surface area (Å²) in [5.74, 6) is 1.84. The van der Waals surface area contributed by atoms with Crippen LogP contribution in [0.1, 0.15) is 47.5 Å². The van der Waals surface area contributed by atoms with Crippen molar-refractivity contribution in [3.05, 3.63) is 0 Å². The second kappa shape index (κ2) is 7.37. The van der Waals surface area contributed by atoms with Gasteiger partial charge in [0.25, 0.3) is 0 Å². The molecule has 0 amide bonds. The quantitative estimate of drug-likeness (QED) is 0.637. The summed E-state index contributed by atoms with van der Waals surface area (Å²) in [4.78, 5) is 2.61. The monoisotopic (exact) mass is 185 g/mol. The molecule has 13 heavy (non-hydrogen) atoms. The number of hydrogen-bond acceptors (Lipinski definition) is 1. The van der Waals surface area contributed by atoms with Crippen LogP contribution in [0.15, 0.2) is 0 Å². The van der Waals surface area contributed by atoms with Crippen LogP contribution >= 0.6 is 0 Å². The van der Waals surface area contributed by atoms with Crippen LogP contribution < -0.4 is 0 Å². The first-order valence-electron chi connectivity index (χ1n) is 5.94. The zero-order valence-corrected chi connectivity index (χ0v) is 10.1. The van der Waals surface area contributed by atoms with E-state index in [9.17, 15) is 0 Å². The van der Waals surface area contributed by atoms with Gasteiger partial charge in [-0.3, -0.25) is 0 Å². The van der Waals surface area contributed by atoms with Crippen LogP contribution in [0.4, 0.5) is 0 Å². The highest BCUT2D eigenvalue weighted by atomic mass is 15.1. The fraction of sp³-hybridized carbons (Fsp3) is 1.00. The summed E-state index contributed by atoms with van der Waals surface area (Å²) in [6.07, 6.45) is 2.74. The van der Waals surface area contributed by atoms with Crippen molar-refractivity contribution in [3.63, 3.8) is 0 Å². The summed E-state index contributed by atoms with van der Waals surface area (Å²) in [5.41, 5.74) is 0. The third kappa shape index (κ3) is 5.30. The highest BCUT2D eigenvalue weighted by Gasteiger charge is 2.20. The molecule has 0 radical (unpaired) electrons. The normalized spacial score (nSPS) is 29.3. The van der Waals surface area contributed by atoms with Gasteiger partial charge in [0, 0.05) is 13.1 Å². The Bertz CT molecular complexity index is 102. The minimum atomic E-state index is 0.922. The van der Waals surface area contributed by atoms with E-state index in [0.717, 1.165) is 11.8 Å². The predicted octanol–water partition coefficient (Wildman–Crippen LogP) is 3.40. The first kappa shape index (κ1) is 13.0. The molecule has 1 heteroatoms. The highest BCUT2D eigenvalue weighted by Crippen LogP contribution is 2.20. The Labute approximate surface area is 84.5 Å². The SMILES string of the molecule is CC.CCCN1CC(C)CC(C)C1. The van der Waals surface area contributed by atoms with Gasteiger partial charge in [-0.25, -0.2) is 0 Å². The standard InChI is InChI=1S/C10H21N.C2H6/c1-4-5-11-7-9(2)6-10(3)8-11;1-2/h9-10H,4-8H2,1-3H3;1-2H3. The lowest BCUT2D eigenvalue weighted by Gasteiger charge is -2.34. The van der Waals surface area contributed by atoms with Crippen molar-refractivity contribution in [2.45, 2.75) is 47.5 Å². The number of likely N-dealkylation sites (tertiary alicyclic amines) is 1. The Balaban J connectivity index is 0.000000671. The molecule has 2 unspecified atom stereocenters. The molecule has 1 nitrogen and oxygen atoms in total. The smallest absolute Gasteiger partial charge is 0.000724 e. The van der Waals surface area contributed by atoms with E-state index in [4.69, 9.17) is 0 Å². The third-order valence-electron chi connectivity index (χ3n) is 2.48. The molecule has 0 aromatic rings. The van der Waals surface area contributed by atoms with E-state index in [2.05, 4.69) is 25.7 Å². The summed E-state index contributed by atoms with van der Waals surface area (Å²) < 4.78 is 0. The molecular formula is C12H27N. The molecule has 2 atom stereocenters. The largest absolute Gasteiger partial charge is 0.303 e. The van der Waals surface area contributed by atoms with Crippen LogP contribution in [0.25, 0.3) is 0 Å². The van der Waals surface area contributed by atoms with Gasteiger partial charge in [-0.15, -0.1) is 0 Å². The molecule has 1 heterocycles. The van der Waals surface area contributed by atoms with Crippen molar-refractivity contribution in [3.8, 4) is 0 Å². The third-order valence-corrected chi connectivity index (χ3v) is 2.48. The second-order valence-corrected chi connectivity index (χ2v) is 4.21. The van der Waals surface area contributed by atoms with Gasteiger partial charge < -0.3 is 4.90 Å². The van der Waals surface area contributed by atoms with Crippen molar-refractivity contribution >= 4 is 0 Å². The molecule has 0 aromatic heterocycles. The fourth-order valence-electron chi connectivity index (χ4n) is 2.29. The average Bonchev–Trinajstić information content (AvgIpc) is 2.06. The lowest BCUT2D eigenvalue weighted by Crippen LogP contribution is -2.38. The Hall–Kier alpha value is -0.0400. The summed E-state index contributed by atoms with van der Waals surface area (Å²) >= 11 is 0. The molecule has 1 rings (SSSR count). The fourth-order valence-corrected chi connectivity index (χ4v) is 2.29. The molecule has 0 N–H and O–H groups in total. The zero-order valence-electron chi connectivity index (χ0n) is 10.1. The Morgan fingerprint density at radius 3 is 1.92 bits per heavy atom. The van der Waals surface area contributed by atoms with Gasteiger partial charge in [-0.1, -0.05) is 34.6 Å². The Kier molecular flexibility index (Phi) is 7.35. The molecule has 0 bridgehead atoms. The van der Waals surface area contributed by atoms with Gasteiger partial charge in [-0.2, -0.15) is 0 Å². The van der Waals surface area contributed by atoms with Gasteiger partial charge in [-0.05, 0) is 31.2 Å². The minimum Gasteiger partial charge on any atom is -0.303 e. The molecular weight excluding hydrogens is 158 g/mol. The van der Waals surface area contributed by atoms with Crippen LogP contribution in [-0.2, 0) is 0 Å². The number of piperidine rings is 1. The van der Waals surface area contributed by atoms with E-state index >= 15 is 0 Å². The van der Waals surface area contributed by atoms with E-state index in [1.54, 1.807) is 0 Å². The molecule has 0 saturated carbocycles. The van der Waals surface area contributed by atoms with Crippen LogP contribution in [0.5, 0.6) is 0 Å². The van der Waals surface area contributed by atoms with Crippen LogP contribution in [0.3, 0.4) is 0 Å². The average molecular weight is 185 g/mol. The lowest BCUT2D eigenvalue weighted by molar-refractivity contribution is 0.141. The topological polar surface area (TPSA) is 3.24 Å². The van der Waals surface area contributed by atoms with Crippen molar-refractivity contribution in [1.29, 1.82) is 0 Å². The van der Waals surface area contributed by atoms with Crippen LogP contribution in [0.2, 0.25) is 0 Å². The molecule has 0 aliphatic carbocycles. The lowest BCUT2D eigenvalue weighted by atomic mass is 9.92. The van der Waals surface area contributed by atoms with E-state index in [1.807, 2.05) is 13.8 Å². The van der Waals surface area contributed by atoms with E-state index in [1.165, 1.54) is 32.5 Å². The predicted molar refractivity (Wildman–Crippen MR) is 61.0 cm³/mol. The second-order valence-electron chi connectivity index (χ2n) is 4.21. The first-order chi connectivity index (χ1) is 6.22. The van der Waals surface area contributed by atoms with Crippen molar-refractivity contribution < 1.29 is 0 Å². The summed E-state index contributed by atoms with van der Waals surface area (Å²) in [6.45, 7) is 15.0. The van der Waals surface area contributed by atoms with Gasteiger partial charge in [0.15, 0.2) is 0 Å². The maximum absolute atomic E-state index is 2.61. The van der Waals surface area contributed by atoms with Gasteiger partial charge in [0.05, 0.1) is 0 Å². The number of rotatable bonds is 2. The molecule has 1 aliphatic rings. The Morgan fingerprint density at radius 1 is 1.08 bits per heavy atom. The maximum Gasteiger partial charge on any atom is 0.000724 e. The van der Waals surface area contributed by atoms with Crippen molar-refractivity contribution in [1.82, 2.24) is 4.90 Å². The van der Waals surface area contributed by atoms with Crippen molar-refractivity contribution in [2.24, 2.45) is 11.8 Å². The summed E-state index contributed by atoms with van der Waals surface area (Å²) in [7, 11) is 0. The first-order valence-corrected chi connectivity index (χ1v) is 5.94. The molecule has 0 aromatic carbocycles. The number of hydrogen-bond donors (Lipinski definition) is 0. The molecule has 1 fully saturated rings. The maximum atomic E-state index is 2.61. The minimum absolute atomic E-state index is 0.922. The van der Waals surface area contributed by atoms with Gasteiger partial charge in [0.2, 0.25) is 0 Å². The Morgan fingerprint density at radius 2 is 1.54 bits per heavy atom. The van der Waals surface area contributed by atoms with E-state index in [0.29, 0.717) is 0 Å². The number of nitrogens with zero attached hydrogens (tertiary/aromatic N) is 1. The van der Waals surface area contributed by atoms with Gasteiger partial charge >= 0.3 is 0 Å². The highest BCUT2D eigenvalue weighted by molar-refractivity contribution is 4.73. The molecule has 0 spiro atoms. The summed E-state index contributed by atoms with van der Waals surface area (Å²) in [6, 6.07) is 0. The van der Waals surface area contributed by atoms with Crippen LogP contribution in [0, 0.1) is 11.8 Å². The van der Waals surface area contributed by atoms with E-state index < -0.39 is 0 Å². The summed E-state index contributed by atoms with van der Waals surface area (Å²) in [5, 5.41) is 0. The molecule has 1 saturated heterocycles. The zero-order chi connectivity index (χ0) is 10.3. The van der Waals surface area contributed by atoms with Crippen LogP contribution in [-0.4, -0.2) is 24.5 Å². The molecule has 1 aliphatic heterocycles. The van der Waals surface area contributed by atoms with Gasteiger partial charge in [0.1, 0.15) is 0 Å². The van der Waals surface area contributed by atoms with Crippen molar-refractivity contribution in [2.75, 3.05) is 19.6 Å². The molecule has 80 valence electrons.